The molecule has 1 heterocycles. The second-order valence-corrected chi connectivity index (χ2v) is 5.84. The molecule has 1 saturated heterocycles. The number of benzene rings is 1. The molecule has 0 spiro atoms. The Morgan fingerprint density at radius 1 is 1.48 bits per heavy atom. The largest absolute Gasteiger partial charge is 0.325 e. The average Bonchev–Trinajstić information content (AvgIpc) is 2.46. The second-order valence-electron chi connectivity index (χ2n) is 5.84. The van der Waals surface area contributed by atoms with Crippen molar-refractivity contribution in [2.45, 2.75) is 32.7 Å². The van der Waals surface area contributed by atoms with Crippen molar-refractivity contribution in [3.63, 3.8) is 0 Å². The van der Waals surface area contributed by atoms with Crippen LogP contribution in [0, 0.1) is 16.0 Å². The molecular formula is C15H22N3O3+. The molecule has 21 heavy (non-hydrogen) atoms. The lowest BCUT2D eigenvalue weighted by molar-refractivity contribution is -0.922. The number of amides is 1. The highest BCUT2D eigenvalue weighted by Crippen LogP contribution is 2.23. The van der Waals surface area contributed by atoms with E-state index in [0.29, 0.717) is 5.92 Å². The van der Waals surface area contributed by atoms with Gasteiger partial charge in [-0.05, 0) is 25.8 Å². The maximum absolute atomic E-state index is 12.3. The molecule has 2 rings (SSSR count). The van der Waals surface area contributed by atoms with E-state index in [1.807, 2.05) is 6.92 Å². The summed E-state index contributed by atoms with van der Waals surface area (Å²) >= 11 is 0. The Morgan fingerprint density at radius 3 is 2.86 bits per heavy atom. The monoisotopic (exact) mass is 292 g/mol. The van der Waals surface area contributed by atoms with Crippen LogP contribution in [-0.2, 0) is 4.79 Å². The first-order valence-electron chi connectivity index (χ1n) is 7.38. The molecule has 1 fully saturated rings. The van der Waals surface area contributed by atoms with Gasteiger partial charge in [0, 0.05) is 12.0 Å². The quantitative estimate of drug-likeness (QED) is 0.647. The maximum atomic E-state index is 12.3. The number of likely N-dealkylation sites (tertiary alicyclic amines) is 1. The zero-order valence-electron chi connectivity index (χ0n) is 12.5. The standard InChI is InChI=1S/C15H21N3O3/c1-11-6-5-9-17(10-11)12(2)15(19)16-13-7-3-4-8-14(13)18(20)21/h3-4,7-8,11-12H,5-6,9-10H2,1-2H3,(H,16,19)/p+1/t11-,12+/m1/s1. The van der Waals surface area contributed by atoms with Gasteiger partial charge >= 0.3 is 0 Å². The lowest BCUT2D eigenvalue weighted by Crippen LogP contribution is -3.17. The fourth-order valence-electron chi connectivity index (χ4n) is 2.89. The Bertz CT molecular complexity index is 533. The van der Waals surface area contributed by atoms with E-state index in [9.17, 15) is 14.9 Å². The summed E-state index contributed by atoms with van der Waals surface area (Å²) in [5, 5.41) is 13.7. The number of hydrogen-bond acceptors (Lipinski definition) is 3. The van der Waals surface area contributed by atoms with Crippen LogP contribution in [0.1, 0.15) is 26.7 Å². The number of nitro benzene ring substituents is 1. The van der Waals surface area contributed by atoms with Crippen LogP contribution >= 0.6 is 0 Å². The zero-order chi connectivity index (χ0) is 15.4. The Labute approximate surface area is 124 Å². The van der Waals surface area contributed by atoms with Gasteiger partial charge in [-0.15, -0.1) is 0 Å². The predicted molar refractivity (Wildman–Crippen MR) is 80.3 cm³/mol. The van der Waals surface area contributed by atoms with Crippen molar-refractivity contribution in [3.8, 4) is 0 Å². The molecule has 0 aliphatic carbocycles. The van der Waals surface area contributed by atoms with E-state index >= 15 is 0 Å². The van der Waals surface area contributed by atoms with Crippen LogP contribution in [0.25, 0.3) is 0 Å². The normalized spacial score (nSPS) is 23.3. The number of carbonyl (C=O) groups is 1. The topological polar surface area (TPSA) is 76.7 Å². The molecule has 1 aromatic rings. The van der Waals surface area contributed by atoms with E-state index in [2.05, 4.69) is 12.2 Å². The summed E-state index contributed by atoms with van der Waals surface area (Å²) in [7, 11) is 0. The fraction of sp³-hybridized carbons (Fsp3) is 0.533. The van der Waals surface area contributed by atoms with E-state index < -0.39 is 4.92 Å². The number of hydrogen-bond donors (Lipinski definition) is 2. The highest BCUT2D eigenvalue weighted by atomic mass is 16.6. The van der Waals surface area contributed by atoms with Crippen molar-refractivity contribution >= 4 is 17.3 Å². The van der Waals surface area contributed by atoms with Gasteiger partial charge in [0.25, 0.3) is 11.6 Å². The van der Waals surface area contributed by atoms with Crippen LogP contribution in [0.3, 0.4) is 0 Å². The number of para-hydroxylation sites is 2. The van der Waals surface area contributed by atoms with Gasteiger partial charge in [-0.2, -0.15) is 0 Å². The van der Waals surface area contributed by atoms with E-state index in [1.54, 1.807) is 18.2 Å². The molecule has 6 heteroatoms. The number of quaternary nitrogens is 1. The number of nitrogens with zero attached hydrogens (tertiary/aromatic N) is 1. The first-order valence-corrected chi connectivity index (χ1v) is 7.38. The summed E-state index contributed by atoms with van der Waals surface area (Å²) in [5.41, 5.74) is 0.198. The second kappa shape index (κ2) is 6.67. The van der Waals surface area contributed by atoms with Crippen molar-refractivity contribution in [2.75, 3.05) is 18.4 Å². The van der Waals surface area contributed by atoms with Crippen LogP contribution in [-0.4, -0.2) is 30.0 Å². The number of carbonyl (C=O) groups excluding carboxylic acids is 1. The van der Waals surface area contributed by atoms with Gasteiger partial charge in [-0.25, -0.2) is 0 Å². The van der Waals surface area contributed by atoms with E-state index in [-0.39, 0.29) is 23.3 Å². The third-order valence-corrected chi connectivity index (χ3v) is 4.17. The summed E-state index contributed by atoms with van der Waals surface area (Å²) in [6.45, 7) is 6.05. The van der Waals surface area contributed by atoms with Crippen molar-refractivity contribution in [3.05, 3.63) is 34.4 Å². The summed E-state index contributed by atoms with van der Waals surface area (Å²) < 4.78 is 0. The van der Waals surface area contributed by atoms with Gasteiger partial charge in [0.05, 0.1) is 18.0 Å². The average molecular weight is 292 g/mol. The minimum Gasteiger partial charge on any atom is -0.325 e. The van der Waals surface area contributed by atoms with Crippen LogP contribution in [0.15, 0.2) is 24.3 Å². The van der Waals surface area contributed by atoms with Crippen molar-refractivity contribution in [1.29, 1.82) is 0 Å². The van der Waals surface area contributed by atoms with E-state index in [0.717, 1.165) is 19.5 Å². The van der Waals surface area contributed by atoms with Crippen LogP contribution in [0.5, 0.6) is 0 Å². The molecule has 3 atom stereocenters. The number of nitrogens with one attached hydrogen (secondary N) is 2. The minimum atomic E-state index is -0.476. The maximum Gasteiger partial charge on any atom is 0.292 e. The third kappa shape index (κ3) is 3.78. The Hall–Kier alpha value is -1.95. The number of rotatable bonds is 4. The summed E-state index contributed by atoms with van der Waals surface area (Å²) in [5.74, 6) is 0.462. The van der Waals surface area contributed by atoms with Crippen LogP contribution in [0.2, 0.25) is 0 Å². The van der Waals surface area contributed by atoms with Crippen LogP contribution < -0.4 is 10.2 Å². The SMILES string of the molecule is C[C@@H]1CCC[NH+]([C@@H](C)C(=O)Nc2ccccc2[N+](=O)[O-])C1. The first kappa shape index (κ1) is 15.4. The lowest BCUT2D eigenvalue weighted by Gasteiger charge is -2.31. The third-order valence-electron chi connectivity index (χ3n) is 4.17. The first-order chi connectivity index (χ1) is 9.99. The van der Waals surface area contributed by atoms with E-state index in [1.165, 1.54) is 17.4 Å². The Balaban J connectivity index is 2.05. The van der Waals surface area contributed by atoms with Crippen molar-refractivity contribution in [2.24, 2.45) is 5.92 Å². The number of anilines is 1. The molecule has 0 bridgehead atoms. The summed E-state index contributed by atoms with van der Waals surface area (Å²) in [6, 6.07) is 6.04. The molecule has 0 aromatic heterocycles. The minimum absolute atomic E-state index is 0.0694. The molecule has 0 saturated carbocycles. The highest BCUT2D eigenvalue weighted by molar-refractivity contribution is 5.95. The Morgan fingerprint density at radius 2 is 2.19 bits per heavy atom. The molecule has 114 valence electrons. The molecule has 1 amide bonds. The molecule has 0 radical (unpaired) electrons. The summed E-state index contributed by atoms with van der Waals surface area (Å²) in [6.07, 6.45) is 2.33. The van der Waals surface area contributed by atoms with Crippen molar-refractivity contribution in [1.82, 2.24) is 0 Å². The smallest absolute Gasteiger partial charge is 0.292 e. The molecule has 1 unspecified atom stereocenters. The van der Waals surface area contributed by atoms with Gasteiger partial charge < -0.3 is 10.2 Å². The highest BCUT2D eigenvalue weighted by Gasteiger charge is 2.30. The summed E-state index contributed by atoms with van der Waals surface area (Å²) in [4.78, 5) is 24.1. The zero-order valence-corrected chi connectivity index (χ0v) is 12.5. The molecule has 6 nitrogen and oxygen atoms in total. The van der Waals surface area contributed by atoms with Gasteiger partial charge in [0.2, 0.25) is 0 Å². The van der Waals surface area contributed by atoms with Crippen molar-refractivity contribution < 1.29 is 14.6 Å². The molecule has 1 aliphatic rings. The number of piperidine rings is 1. The van der Waals surface area contributed by atoms with E-state index in [4.69, 9.17) is 0 Å². The molecule has 1 aliphatic heterocycles. The molecule has 1 aromatic carbocycles. The molecule has 2 N–H and O–H groups in total. The predicted octanol–water partition coefficient (Wildman–Crippen LogP) is 1.24. The fourth-order valence-corrected chi connectivity index (χ4v) is 2.89. The van der Waals surface area contributed by atoms with Gasteiger partial charge in [-0.1, -0.05) is 19.1 Å². The number of nitro groups is 1. The lowest BCUT2D eigenvalue weighted by atomic mass is 9.99. The Kier molecular flexibility index (Phi) is 4.90. The molecular weight excluding hydrogens is 270 g/mol. The van der Waals surface area contributed by atoms with Gasteiger partial charge in [0.15, 0.2) is 6.04 Å². The van der Waals surface area contributed by atoms with Crippen LogP contribution in [0.4, 0.5) is 11.4 Å². The van der Waals surface area contributed by atoms with Gasteiger partial charge in [0.1, 0.15) is 5.69 Å². The van der Waals surface area contributed by atoms with Gasteiger partial charge in [-0.3, -0.25) is 14.9 Å².